The summed E-state index contributed by atoms with van der Waals surface area (Å²) >= 11 is 5.97. The summed E-state index contributed by atoms with van der Waals surface area (Å²) in [6.07, 6.45) is 0. The predicted octanol–water partition coefficient (Wildman–Crippen LogP) is 3.27. The van der Waals surface area contributed by atoms with Crippen LogP contribution in [0.5, 0.6) is 0 Å². The topological polar surface area (TPSA) is 50.2 Å². The number of hydrogen-bond donors (Lipinski definition) is 1. The molecule has 2 aromatic heterocycles. The predicted molar refractivity (Wildman–Crippen MR) is 80.5 cm³/mol. The molecule has 5 heteroatoms. The van der Waals surface area contributed by atoms with Crippen molar-refractivity contribution in [2.75, 3.05) is 0 Å². The molecule has 1 N–H and O–H groups in total. The van der Waals surface area contributed by atoms with Crippen LogP contribution in [0.4, 0.5) is 0 Å². The Bertz CT molecular complexity index is 859. The zero-order valence-electron chi connectivity index (χ0n) is 11.5. The smallest absolute Gasteiger partial charge is 0.289 e. The van der Waals surface area contributed by atoms with E-state index in [4.69, 9.17) is 11.6 Å². The van der Waals surface area contributed by atoms with Gasteiger partial charge in [-0.1, -0.05) is 41.4 Å². The molecule has 0 unspecified atom stereocenters. The lowest BCUT2D eigenvalue weighted by atomic mass is 10.1. The van der Waals surface area contributed by atoms with Crippen LogP contribution in [-0.4, -0.2) is 14.6 Å². The number of benzene rings is 1. The van der Waals surface area contributed by atoms with Gasteiger partial charge in [0, 0.05) is 5.56 Å². The molecule has 0 aliphatic carbocycles. The normalized spacial score (nSPS) is 11.2. The number of halogens is 1. The lowest BCUT2D eigenvalue weighted by molar-refractivity contribution is 0.893. The second-order valence-electron chi connectivity index (χ2n) is 4.95. The van der Waals surface area contributed by atoms with Gasteiger partial charge >= 0.3 is 0 Å². The number of H-pyrrole nitrogens is 1. The largest absolute Gasteiger partial charge is 0.291 e. The van der Waals surface area contributed by atoms with E-state index in [-0.39, 0.29) is 10.6 Å². The van der Waals surface area contributed by atoms with Crippen LogP contribution in [-0.2, 0) is 0 Å². The SMILES string of the molecule is Cc1ccc(-c2[nH]n3c(=O)c(Cl)c(C)nc3c2C)cc1. The summed E-state index contributed by atoms with van der Waals surface area (Å²) in [7, 11) is 0. The fraction of sp³-hybridized carbons (Fsp3) is 0.200. The number of fused-ring (bicyclic) bond motifs is 1. The number of aryl methyl sites for hydroxylation is 3. The van der Waals surface area contributed by atoms with Crippen LogP contribution in [0.15, 0.2) is 29.1 Å². The first-order valence-electron chi connectivity index (χ1n) is 6.33. The maximum atomic E-state index is 12.2. The van der Waals surface area contributed by atoms with E-state index >= 15 is 0 Å². The molecule has 0 fully saturated rings. The third-order valence-corrected chi connectivity index (χ3v) is 3.90. The molecule has 0 atom stereocenters. The van der Waals surface area contributed by atoms with Crippen LogP contribution in [0.25, 0.3) is 16.9 Å². The van der Waals surface area contributed by atoms with E-state index in [0.29, 0.717) is 11.3 Å². The van der Waals surface area contributed by atoms with Gasteiger partial charge < -0.3 is 0 Å². The van der Waals surface area contributed by atoms with Gasteiger partial charge in [0.05, 0.1) is 11.4 Å². The monoisotopic (exact) mass is 287 g/mol. The Kier molecular flexibility index (Phi) is 2.91. The first kappa shape index (κ1) is 12.9. The van der Waals surface area contributed by atoms with E-state index in [2.05, 4.69) is 10.1 Å². The molecule has 0 saturated heterocycles. The molecule has 20 heavy (non-hydrogen) atoms. The second kappa shape index (κ2) is 4.49. The van der Waals surface area contributed by atoms with Crippen molar-refractivity contribution in [3.8, 4) is 11.3 Å². The molecule has 102 valence electrons. The average Bonchev–Trinajstić information content (AvgIpc) is 2.75. The van der Waals surface area contributed by atoms with Crippen molar-refractivity contribution in [2.24, 2.45) is 0 Å². The van der Waals surface area contributed by atoms with Crippen molar-refractivity contribution in [3.63, 3.8) is 0 Å². The van der Waals surface area contributed by atoms with Gasteiger partial charge in [0.15, 0.2) is 5.65 Å². The highest BCUT2D eigenvalue weighted by atomic mass is 35.5. The fourth-order valence-electron chi connectivity index (χ4n) is 2.27. The van der Waals surface area contributed by atoms with Crippen LogP contribution < -0.4 is 5.56 Å². The first-order valence-corrected chi connectivity index (χ1v) is 6.71. The minimum absolute atomic E-state index is 0.152. The summed E-state index contributed by atoms with van der Waals surface area (Å²) < 4.78 is 1.40. The van der Waals surface area contributed by atoms with Gasteiger partial charge in [-0.25, -0.2) is 4.98 Å². The number of aromatic amines is 1. The highest BCUT2D eigenvalue weighted by Crippen LogP contribution is 2.24. The van der Waals surface area contributed by atoms with Crippen LogP contribution in [0.2, 0.25) is 5.02 Å². The molecule has 0 aliphatic rings. The van der Waals surface area contributed by atoms with E-state index in [9.17, 15) is 4.79 Å². The maximum absolute atomic E-state index is 12.2. The number of nitrogens with zero attached hydrogens (tertiary/aromatic N) is 2. The summed E-state index contributed by atoms with van der Waals surface area (Å²) in [6.45, 7) is 5.72. The van der Waals surface area contributed by atoms with Crippen LogP contribution in [0, 0.1) is 20.8 Å². The third-order valence-electron chi connectivity index (χ3n) is 3.47. The van der Waals surface area contributed by atoms with Crippen LogP contribution in [0.1, 0.15) is 16.8 Å². The van der Waals surface area contributed by atoms with Crippen molar-refractivity contribution in [1.82, 2.24) is 14.6 Å². The van der Waals surface area contributed by atoms with Crippen molar-refractivity contribution in [3.05, 3.63) is 56.5 Å². The van der Waals surface area contributed by atoms with E-state index in [1.807, 2.05) is 38.1 Å². The lowest BCUT2D eigenvalue weighted by Crippen LogP contribution is -2.17. The molecule has 0 spiro atoms. The Morgan fingerprint density at radius 2 is 1.80 bits per heavy atom. The Labute approximate surface area is 121 Å². The number of nitrogens with one attached hydrogen (secondary N) is 1. The van der Waals surface area contributed by atoms with Gasteiger partial charge in [0.2, 0.25) is 0 Å². The minimum Gasteiger partial charge on any atom is -0.289 e. The highest BCUT2D eigenvalue weighted by molar-refractivity contribution is 6.31. The van der Waals surface area contributed by atoms with Crippen molar-refractivity contribution in [2.45, 2.75) is 20.8 Å². The number of hydrogen-bond acceptors (Lipinski definition) is 2. The quantitative estimate of drug-likeness (QED) is 0.747. The standard InChI is InChI=1S/C15H14ClN3O/c1-8-4-6-11(7-5-8)13-9(2)14-17-10(3)12(16)15(20)19(14)18-13/h4-7,18H,1-3H3. The molecule has 3 aromatic rings. The molecule has 0 saturated carbocycles. The molecule has 2 heterocycles. The Hall–Kier alpha value is -2.07. The van der Waals surface area contributed by atoms with Gasteiger partial charge in [-0.2, -0.15) is 4.52 Å². The summed E-state index contributed by atoms with van der Waals surface area (Å²) in [4.78, 5) is 16.6. The Balaban J connectivity index is 2.34. The van der Waals surface area contributed by atoms with E-state index in [1.54, 1.807) is 6.92 Å². The molecule has 0 bridgehead atoms. The maximum Gasteiger partial charge on any atom is 0.291 e. The van der Waals surface area contributed by atoms with Gasteiger partial charge in [-0.05, 0) is 26.3 Å². The summed E-state index contributed by atoms with van der Waals surface area (Å²) in [5.74, 6) is 0. The third kappa shape index (κ3) is 1.84. The molecule has 1 aromatic carbocycles. The molecule has 0 amide bonds. The zero-order chi connectivity index (χ0) is 14.4. The van der Waals surface area contributed by atoms with Gasteiger partial charge in [-0.15, -0.1) is 0 Å². The van der Waals surface area contributed by atoms with Crippen LogP contribution >= 0.6 is 11.6 Å². The second-order valence-corrected chi connectivity index (χ2v) is 5.33. The minimum atomic E-state index is -0.268. The van der Waals surface area contributed by atoms with Crippen molar-refractivity contribution >= 4 is 17.2 Å². The Morgan fingerprint density at radius 1 is 1.15 bits per heavy atom. The van der Waals surface area contributed by atoms with Gasteiger partial charge in [0.25, 0.3) is 5.56 Å². The summed E-state index contributed by atoms with van der Waals surface area (Å²) in [5.41, 5.74) is 4.93. The molecule has 0 radical (unpaired) electrons. The van der Waals surface area contributed by atoms with E-state index in [0.717, 1.165) is 16.8 Å². The fourth-order valence-corrected chi connectivity index (χ4v) is 2.40. The number of aromatic nitrogens is 3. The highest BCUT2D eigenvalue weighted by Gasteiger charge is 2.15. The van der Waals surface area contributed by atoms with E-state index < -0.39 is 0 Å². The molecular formula is C15H14ClN3O. The average molecular weight is 288 g/mol. The molecular weight excluding hydrogens is 274 g/mol. The zero-order valence-corrected chi connectivity index (χ0v) is 12.2. The van der Waals surface area contributed by atoms with Gasteiger partial charge in [-0.3, -0.25) is 9.89 Å². The summed E-state index contributed by atoms with van der Waals surface area (Å²) in [5, 5.41) is 3.25. The van der Waals surface area contributed by atoms with Crippen LogP contribution in [0.3, 0.4) is 0 Å². The molecule has 0 aliphatic heterocycles. The Morgan fingerprint density at radius 3 is 2.45 bits per heavy atom. The number of rotatable bonds is 1. The molecule has 3 rings (SSSR count). The van der Waals surface area contributed by atoms with Crippen molar-refractivity contribution in [1.29, 1.82) is 0 Å². The van der Waals surface area contributed by atoms with Gasteiger partial charge in [0.1, 0.15) is 5.02 Å². The summed E-state index contributed by atoms with van der Waals surface area (Å²) in [6, 6.07) is 8.11. The lowest BCUT2D eigenvalue weighted by Gasteiger charge is -1.99. The van der Waals surface area contributed by atoms with Crippen molar-refractivity contribution < 1.29 is 0 Å². The first-order chi connectivity index (χ1) is 9.49. The molecule has 4 nitrogen and oxygen atoms in total. The van der Waals surface area contributed by atoms with E-state index in [1.165, 1.54) is 10.1 Å².